The standard InChI is InChI=1S/C15H24N2OS/c1-4-18-15-6-5-14(16)9-13(15)10-17-7-8-19-12(3)11(17)2/h5-6,9,11-12H,4,7-8,10,16H2,1-3H3. The molecule has 4 heteroatoms. The highest BCUT2D eigenvalue weighted by atomic mass is 32.2. The maximum Gasteiger partial charge on any atom is 0.123 e. The van der Waals surface area contributed by atoms with E-state index in [0.717, 1.165) is 24.5 Å². The minimum absolute atomic E-state index is 0.592. The molecule has 2 rings (SSSR count). The Morgan fingerprint density at radius 2 is 2.21 bits per heavy atom. The number of ether oxygens (including phenoxy) is 1. The van der Waals surface area contributed by atoms with Gasteiger partial charge in [0, 0.05) is 41.4 Å². The van der Waals surface area contributed by atoms with Crippen LogP contribution in [-0.2, 0) is 6.54 Å². The Kier molecular flexibility index (Phi) is 4.99. The van der Waals surface area contributed by atoms with E-state index in [0.29, 0.717) is 17.9 Å². The molecule has 1 aromatic carbocycles. The summed E-state index contributed by atoms with van der Waals surface area (Å²) in [5, 5.41) is 0.686. The fourth-order valence-corrected chi connectivity index (χ4v) is 3.62. The van der Waals surface area contributed by atoms with Gasteiger partial charge in [0.05, 0.1) is 6.61 Å². The molecule has 2 unspecified atom stereocenters. The zero-order valence-corrected chi connectivity index (χ0v) is 12.9. The van der Waals surface area contributed by atoms with E-state index in [1.807, 2.05) is 25.1 Å². The first kappa shape index (κ1) is 14.5. The number of hydrogen-bond acceptors (Lipinski definition) is 4. The van der Waals surface area contributed by atoms with E-state index < -0.39 is 0 Å². The van der Waals surface area contributed by atoms with Gasteiger partial charge in [-0.1, -0.05) is 6.92 Å². The Morgan fingerprint density at radius 1 is 1.42 bits per heavy atom. The van der Waals surface area contributed by atoms with Crippen molar-refractivity contribution >= 4 is 17.4 Å². The molecule has 106 valence electrons. The molecule has 1 heterocycles. The number of hydrogen-bond donors (Lipinski definition) is 1. The van der Waals surface area contributed by atoms with E-state index in [1.54, 1.807) is 0 Å². The van der Waals surface area contributed by atoms with Crippen LogP contribution in [0, 0.1) is 0 Å². The molecule has 3 nitrogen and oxygen atoms in total. The molecule has 0 radical (unpaired) electrons. The second kappa shape index (κ2) is 6.53. The Morgan fingerprint density at radius 3 is 2.95 bits per heavy atom. The second-order valence-corrected chi connectivity index (χ2v) is 6.57. The first-order chi connectivity index (χ1) is 9.11. The summed E-state index contributed by atoms with van der Waals surface area (Å²) in [4.78, 5) is 2.53. The number of nitrogens with two attached hydrogens (primary N) is 1. The average molecular weight is 280 g/mol. The van der Waals surface area contributed by atoms with Crippen molar-refractivity contribution in [1.29, 1.82) is 0 Å². The quantitative estimate of drug-likeness (QED) is 0.861. The van der Waals surface area contributed by atoms with Crippen molar-refractivity contribution in [3.8, 4) is 5.75 Å². The van der Waals surface area contributed by atoms with Crippen LogP contribution in [0.5, 0.6) is 5.75 Å². The molecule has 1 fully saturated rings. The molecule has 0 spiro atoms. The van der Waals surface area contributed by atoms with Gasteiger partial charge in [-0.3, -0.25) is 4.90 Å². The normalized spacial score (nSPS) is 24.4. The van der Waals surface area contributed by atoms with Crippen molar-refractivity contribution in [3.63, 3.8) is 0 Å². The predicted molar refractivity (Wildman–Crippen MR) is 83.8 cm³/mol. The zero-order chi connectivity index (χ0) is 13.8. The summed E-state index contributed by atoms with van der Waals surface area (Å²) < 4.78 is 5.71. The number of benzene rings is 1. The fourth-order valence-electron chi connectivity index (χ4n) is 2.46. The maximum absolute atomic E-state index is 5.91. The van der Waals surface area contributed by atoms with Crippen molar-refractivity contribution in [2.75, 3.05) is 24.6 Å². The van der Waals surface area contributed by atoms with Crippen LogP contribution in [0.4, 0.5) is 5.69 Å². The molecule has 0 aromatic heterocycles. The van der Waals surface area contributed by atoms with Crippen LogP contribution in [0.15, 0.2) is 18.2 Å². The van der Waals surface area contributed by atoms with Crippen LogP contribution < -0.4 is 10.5 Å². The fraction of sp³-hybridized carbons (Fsp3) is 0.600. The highest BCUT2D eigenvalue weighted by molar-refractivity contribution is 8.00. The van der Waals surface area contributed by atoms with E-state index in [9.17, 15) is 0 Å². The van der Waals surface area contributed by atoms with Crippen LogP contribution in [0.3, 0.4) is 0 Å². The van der Waals surface area contributed by atoms with Gasteiger partial charge in [-0.25, -0.2) is 0 Å². The topological polar surface area (TPSA) is 38.5 Å². The monoisotopic (exact) mass is 280 g/mol. The third-order valence-corrected chi connectivity index (χ3v) is 5.11. The van der Waals surface area contributed by atoms with Gasteiger partial charge in [-0.05, 0) is 32.0 Å². The van der Waals surface area contributed by atoms with Gasteiger partial charge < -0.3 is 10.5 Å². The molecule has 2 N–H and O–H groups in total. The summed E-state index contributed by atoms with van der Waals surface area (Å²) in [6, 6.07) is 6.53. The van der Waals surface area contributed by atoms with E-state index in [4.69, 9.17) is 10.5 Å². The van der Waals surface area contributed by atoms with E-state index in [-0.39, 0.29) is 0 Å². The lowest BCUT2D eigenvalue weighted by Crippen LogP contribution is -2.44. The maximum atomic E-state index is 5.91. The van der Waals surface area contributed by atoms with Gasteiger partial charge in [0.15, 0.2) is 0 Å². The first-order valence-corrected chi connectivity index (χ1v) is 8.03. The van der Waals surface area contributed by atoms with Gasteiger partial charge in [-0.15, -0.1) is 0 Å². The molecule has 1 aliphatic heterocycles. The molecule has 1 aromatic rings. The minimum atomic E-state index is 0.592. The van der Waals surface area contributed by atoms with Crippen LogP contribution in [0.25, 0.3) is 0 Å². The third-order valence-electron chi connectivity index (χ3n) is 3.77. The van der Waals surface area contributed by atoms with Crippen molar-refractivity contribution in [3.05, 3.63) is 23.8 Å². The number of nitrogen functional groups attached to an aromatic ring is 1. The summed E-state index contributed by atoms with van der Waals surface area (Å²) in [6.07, 6.45) is 0. The van der Waals surface area contributed by atoms with E-state index in [2.05, 4.69) is 30.5 Å². The van der Waals surface area contributed by atoms with Crippen molar-refractivity contribution in [2.45, 2.75) is 38.6 Å². The molecule has 19 heavy (non-hydrogen) atoms. The second-order valence-electron chi connectivity index (χ2n) is 5.09. The molecule has 1 saturated heterocycles. The Hall–Kier alpha value is -0.870. The number of anilines is 1. The van der Waals surface area contributed by atoms with Crippen molar-refractivity contribution in [2.24, 2.45) is 0 Å². The average Bonchev–Trinajstić information content (AvgIpc) is 2.38. The third kappa shape index (κ3) is 3.57. The zero-order valence-electron chi connectivity index (χ0n) is 12.1. The number of nitrogens with zero attached hydrogens (tertiary/aromatic N) is 1. The molecule has 2 atom stereocenters. The van der Waals surface area contributed by atoms with Gasteiger partial charge in [0.1, 0.15) is 5.75 Å². The molecule has 0 aliphatic carbocycles. The van der Waals surface area contributed by atoms with Crippen LogP contribution in [-0.4, -0.2) is 35.1 Å². The molecular weight excluding hydrogens is 256 g/mol. The highest BCUT2D eigenvalue weighted by Crippen LogP contribution is 2.29. The van der Waals surface area contributed by atoms with Gasteiger partial charge >= 0.3 is 0 Å². The summed E-state index contributed by atoms with van der Waals surface area (Å²) in [5.41, 5.74) is 7.92. The number of rotatable bonds is 4. The smallest absolute Gasteiger partial charge is 0.123 e. The van der Waals surface area contributed by atoms with E-state index in [1.165, 1.54) is 11.3 Å². The Labute approximate surface area is 120 Å². The summed E-state index contributed by atoms with van der Waals surface area (Å²) in [5.74, 6) is 2.17. The molecular formula is C15H24N2OS. The van der Waals surface area contributed by atoms with Crippen LogP contribution in [0.1, 0.15) is 26.3 Å². The van der Waals surface area contributed by atoms with Gasteiger partial charge in [0.25, 0.3) is 0 Å². The minimum Gasteiger partial charge on any atom is -0.494 e. The van der Waals surface area contributed by atoms with Crippen molar-refractivity contribution < 1.29 is 4.74 Å². The predicted octanol–water partition coefficient (Wildman–Crippen LogP) is 2.99. The SMILES string of the molecule is CCOc1ccc(N)cc1CN1CCSC(C)C1C. The molecule has 0 saturated carbocycles. The van der Waals surface area contributed by atoms with Crippen LogP contribution in [0.2, 0.25) is 0 Å². The van der Waals surface area contributed by atoms with Crippen LogP contribution >= 0.6 is 11.8 Å². The largest absolute Gasteiger partial charge is 0.494 e. The molecule has 0 amide bonds. The lowest BCUT2D eigenvalue weighted by molar-refractivity contribution is 0.201. The Balaban J connectivity index is 2.15. The Bertz CT molecular complexity index is 425. The van der Waals surface area contributed by atoms with E-state index >= 15 is 0 Å². The first-order valence-electron chi connectivity index (χ1n) is 6.98. The highest BCUT2D eigenvalue weighted by Gasteiger charge is 2.25. The molecule has 1 aliphatic rings. The lowest BCUT2D eigenvalue weighted by atomic mass is 10.1. The summed E-state index contributed by atoms with van der Waals surface area (Å²) >= 11 is 2.06. The summed E-state index contributed by atoms with van der Waals surface area (Å²) in [7, 11) is 0. The van der Waals surface area contributed by atoms with Gasteiger partial charge in [0.2, 0.25) is 0 Å². The van der Waals surface area contributed by atoms with Crippen molar-refractivity contribution in [1.82, 2.24) is 4.90 Å². The summed E-state index contributed by atoms with van der Waals surface area (Å²) in [6.45, 7) is 9.39. The lowest BCUT2D eigenvalue weighted by Gasteiger charge is -2.37. The number of thioether (sulfide) groups is 1. The molecule has 0 bridgehead atoms. The van der Waals surface area contributed by atoms with Gasteiger partial charge in [-0.2, -0.15) is 11.8 Å².